The lowest BCUT2D eigenvalue weighted by Gasteiger charge is -2.34. The van der Waals surface area contributed by atoms with Gasteiger partial charge in [-0.05, 0) is 30.3 Å². The van der Waals surface area contributed by atoms with Crippen molar-refractivity contribution in [1.29, 1.82) is 0 Å². The molecule has 0 atom stereocenters. The number of para-hydroxylation sites is 1. The number of carbonyl (C=O) groups excluding carboxylic acids is 1. The van der Waals surface area contributed by atoms with Crippen LogP contribution in [-0.2, 0) is 0 Å². The zero-order chi connectivity index (χ0) is 17.6. The molecule has 0 saturated carbocycles. The fraction of sp³-hybridized carbons (Fsp3) is 0.316. The van der Waals surface area contributed by atoms with E-state index in [4.69, 9.17) is 9.84 Å². The van der Waals surface area contributed by atoms with E-state index in [1.807, 2.05) is 47.4 Å². The van der Waals surface area contributed by atoms with E-state index >= 15 is 0 Å². The maximum absolute atomic E-state index is 12.9. The van der Waals surface area contributed by atoms with Gasteiger partial charge in [-0.3, -0.25) is 9.69 Å². The Bertz CT molecular complexity index is 730. The lowest BCUT2D eigenvalue weighted by atomic mass is 10.1. The van der Waals surface area contributed by atoms with Crippen LogP contribution in [0, 0.1) is 0 Å². The smallest absolute Gasteiger partial charge is 0.257 e. The molecule has 1 aliphatic heterocycles. The lowest BCUT2D eigenvalue weighted by Crippen LogP contribution is -2.49. The topological polar surface area (TPSA) is 53.0 Å². The van der Waals surface area contributed by atoms with Crippen LogP contribution in [0.25, 0.3) is 0 Å². The number of rotatable bonds is 5. The van der Waals surface area contributed by atoms with Crippen molar-refractivity contribution < 1.29 is 14.6 Å². The van der Waals surface area contributed by atoms with Crippen LogP contribution in [0.15, 0.2) is 53.0 Å². The van der Waals surface area contributed by atoms with Crippen molar-refractivity contribution in [3.63, 3.8) is 0 Å². The van der Waals surface area contributed by atoms with Crippen LogP contribution in [0.4, 0.5) is 0 Å². The largest absolute Gasteiger partial charge is 0.456 e. The van der Waals surface area contributed by atoms with Gasteiger partial charge in [-0.2, -0.15) is 0 Å². The van der Waals surface area contributed by atoms with Crippen LogP contribution in [0.5, 0.6) is 11.5 Å². The first-order chi connectivity index (χ1) is 12.2. The number of aliphatic hydroxyl groups is 1. The van der Waals surface area contributed by atoms with Crippen molar-refractivity contribution in [1.82, 2.24) is 9.80 Å². The molecule has 0 bridgehead atoms. The molecule has 1 heterocycles. The van der Waals surface area contributed by atoms with Crippen molar-refractivity contribution in [2.45, 2.75) is 0 Å². The minimum Gasteiger partial charge on any atom is -0.456 e. The van der Waals surface area contributed by atoms with Crippen LogP contribution < -0.4 is 4.74 Å². The molecule has 1 N–H and O–H groups in total. The summed E-state index contributed by atoms with van der Waals surface area (Å²) >= 11 is 3.43. The van der Waals surface area contributed by atoms with Crippen molar-refractivity contribution in [2.75, 3.05) is 39.3 Å². The monoisotopic (exact) mass is 404 g/mol. The van der Waals surface area contributed by atoms with Crippen LogP contribution >= 0.6 is 15.9 Å². The highest BCUT2D eigenvalue weighted by Gasteiger charge is 2.24. The predicted molar refractivity (Wildman–Crippen MR) is 100 cm³/mol. The van der Waals surface area contributed by atoms with Gasteiger partial charge in [0.2, 0.25) is 0 Å². The summed E-state index contributed by atoms with van der Waals surface area (Å²) in [5.41, 5.74) is 0.568. The van der Waals surface area contributed by atoms with Gasteiger partial charge in [-0.15, -0.1) is 0 Å². The van der Waals surface area contributed by atoms with E-state index in [9.17, 15) is 4.79 Å². The fourth-order valence-electron chi connectivity index (χ4n) is 2.88. The van der Waals surface area contributed by atoms with Gasteiger partial charge in [0.25, 0.3) is 5.91 Å². The molecule has 0 aromatic heterocycles. The number of carbonyl (C=O) groups is 1. The second-order valence-electron chi connectivity index (χ2n) is 5.91. The second kappa shape index (κ2) is 8.47. The van der Waals surface area contributed by atoms with Gasteiger partial charge in [0.1, 0.15) is 11.5 Å². The van der Waals surface area contributed by atoms with Crippen LogP contribution in [0.2, 0.25) is 0 Å². The number of hydrogen-bond acceptors (Lipinski definition) is 4. The van der Waals surface area contributed by atoms with Gasteiger partial charge in [-0.1, -0.05) is 34.1 Å². The Hall–Kier alpha value is -1.89. The molecule has 132 valence electrons. The van der Waals surface area contributed by atoms with Crippen molar-refractivity contribution in [3.8, 4) is 11.5 Å². The molecule has 2 aromatic rings. The summed E-state index contributed by atoms with van der Waals surface area (Å²) in [5.74, 6) is 1.22. The molecule has 2 aromatic carbocycles. The van der Waals surface area contributed by atoms with Crippen LogP contribution in [0.3, 0.4) is 0 Å². The molecular weight excluding hydrogens is 384 g/mol. The standard InChI is InChI=1S/C19H21BrN2O3/c20-15-4-3-5-16(14-15)25-18-7-2-1-6-17(18)19(24)22-10-8-21(9-11-22)12-13-23/h1-7,14,23H,8-13H2. The van der Waals surface area contributed by atoms with Crippen LogP contribution in [0.1, 0.15) is 10.4 Å². The van der Waals surface area contributed by atoms with Gasteiger partial charge in [0, 0.05) is 37.2 Å². The number of piperazine rings is 1. The maximum atomic E-state index is 12.9. The third-order valence-electron chi connectivity index (χ3n) is 4.22. The van der Waals surface area contributed by atoms with Crippen molar-refractivity contribution >= 4 is 21.8 Å². The van der Waals surface area contributed by atoms with E-state index in [-0.39, 0.29) is 12.5 Å². The minimum absolute atomic E-state index is 0.0192. The minimum atomic E-state index is -0.0192. The number of nitrogens with zero attached hydrogens (tertiary/aromatic N) is 2. The first kappa shape index (κ1) is 17.9. The highest BCUT2D eigenvalue weighted by Crippen LogP contribution is 2.28. The van der Waals surface area contributed by atoms with Crippen molar-refractivity contribution in [3.05, 3.63) is 58.6 Å². The van der Waals surface area contributed by atoms with E-state index in [0.717, 1.165) is 17.6 Å². The number of benzene rings is 2. The first-order valence-electron chi connectivity index (χ1n) is 8.32. The molecule has 5 nitrogen and oxygen atoms in total. The Morgan fingerprint density at radius 2 is 1.84 bits per heavy atom. The number of β-amino-alcohol motifs (C(OH)–C–C–N with tert-alkyl or cyclic N) is 1. The Balaban J connectivity index is 1.73. The third kappa shape index (κ3) is 4.60. The van der Waals surface area contributed by atoms with E-state index in [0.29, 0.717) is 36.7 Å². The highest BCUT2D eigenvalue weighted by atomic mass is 79.9. The lowest BCUT2D eigenvalue weighted by molar-refractivity contribution is 0.0612. The maximum Gasteiger partial charge on any atom is 0.257 e. The number of ether oxygens (including phenoxy) is 1. The summed E-state index contributed by atoms with van der Waals surface area (Å²) < 4.78 is 6.87. The summed E-state index contributed by atoms with van der Waals surface area (Å²) in [4.78, 5) is 16.9. The average Bonchev–Trinajstić information content (AvgIpc) is 2.63. The van der Waals surface area contributed by atoms with E-state index in [1.54, 1.807) is 6.07 Å². The number of hydrogen-bond donors (Lipinski definition) is 1. The summed E-state index contributed by atoms with van der Waals surface area (Å²) in [5, 5.41) is 9.03. The molecule has 0 aliphatic carbocycles. The zero-order valence-corrected chi connectivity index (χ0v) is 15.5. The molecule has 0 radical (unpaired) electrons. The fourth-order valence-corrected chi connectivity index (χ4v) is 3.25. The normalized spacial score (nSPS) is 15.2. The van der Waals surface area contributed by atoms with Crippen molar-refractivity contribution in [2.24, 2.45) is 0 Å². The predicted octanol–water partition coefficient (Wildman–Crippen LogP) is 2.99. The SMILES string of the molecule is O=C(c1ccccc1Oc1cccc(Br)c1)N1CCN(CCO)CC1. The zero-order valence-electron chi connectivity index (χ0n) is 13.9. The summed E-state index contributed by atoms with van der Waals surface area (Å²) in [6.45, 7) is 3.68. The summed E-state index contributed by atoms with van der Waals surface area (Å²) in [7, 11) is 0. The van der Waals surface area contributed by atoms with E-state index < -0.39 is 0 Å². The molecular formula is C19H21BrN2O3. The molecule has 1 amide bonds. The number of halogens is 1. The van der Waals surface area contributed by atoms with Gasteiger partial charge < -0.3 is 14.7 Å². The third-order valence-corrected chi connectivity index (χ3v) is 4.71. The highest BCUT2D eigenvalue weighted by molar-refractivity contribution is 9.10. The van der Waals surface area contributed by atoms with E-state index in [1.165, 1.54) is 0 Å². The molecule has 0 spiro atoms. The summed E-state index contributed by atoms with van der Waals surface area (Å²) in [6, 6.07) is 14.9. The van der Waals surface area contributed by atoms with Crippen LogP contribution in [-0.4, -0.2) is 60.1 Å². The Kier molecular flexibility index (Phi) is 6.07. The van der Waals surface area contributed by atoms with Gasteiger partial charge in [0.05, 0.1) is 12.2 Å². The van der Waals surface area contributed by atoms with Gasteiger partial charge in [0.15, 0.2) is 0 Å². The second-order valence-corrected chi connectivity index (χ2v) is 6.83. The van der Waals surface area contributed by atoms with Gasteiger partial charge >= 0.3 is 0 Å². The first-order valence-corrected chi connectivity index (χ1v) is 9.11. The molecule has 1 saturated heterocycles. The quantitative estimate of drug-likeness (QED) is 0.831. The molecule has 3 rings (SSSR count). The Morgan fingerprint density at radius 1 is 1.08 bits per heavy atom. The van der Waals surface area contributed by atoms with Gasteiger partial charge in [-0.25, -0.2) is 0 Å². The average molecular weight is 405 g/mol. The molecule has 1 aliphatic rings. The number of amides is 1. The molecule has 0 unspecified atom stereocenters. The molecule has 6 heteroatoms. The number of aliphatic hydroxyl groups excluding tert-OH is 1. The Morgan fingerprint density at radius 3 is 2.56 bits per heavy atom. The molecule has 25 heavy (non-hydrogen) atoms. The summed E-state index contributed by atoms with van der Waals surface area (Å²) in [6.07, 6.45) is 0. The van der Waals surface area contributed by atoms with E-state index in [2.05, 4.69) is 20.8 Å². The molecule has 1 fully saturated rings. The Labute approximate surface area is 155 Å².